The average molecular weight is 395 g/mol. The first kappa shape index (κ1) is 16.6. The third-order valence-corrected chi connectivity index (χ3v) is 3.42. The van der Waals surface area contributed by atoms with E-state index in [1.165, 1.54) is 18.3 Å². The lowest BCUT2D eigenvalue weighted by atomic mass is 10.2. The van der Waals surface area contributed by atoms with Gasteiger partial charge in [-0.25, -0.2) is 4.98 Å². The summed E-state index contributed by atoms with van der Waals surface area (Å²) in [5.41, 5.74) is 2.24. The maximum atomic E-state index is 12.4. The third-order valence-electron chi connectivity index (χ3n) is 2.52. The second kappa shape index (κ2) is 6.53. The highest BCUT2D eigenvalue weighted by Gasteiger charge is 2.30. The Labute approximate surface area is 136 Å². The van der Waals surface area contributed by atoms with E-state index in [1.54, 1.807) is 6.07 Å². The molecule has 1 heterocycles. The number of halogens is 5. The SMILES string of the molecule is Oc1c(Cl)cc(/C=N\Nc2ccc(C(F)(F)F)cn2)cc1Br. The second-order valence-electron chi connectivity index (χ2n) is 4.13. The van der Waals surface area contributed by atoms with Gasteiger partial charge in [0, 0.05) is 6.20 Å². The van der Waals surface area contributed by atoms with Crippen molar-refractivity contribution in [2.45, 2.75) is 6.18 Å². The van der Waals surface area contributed by atoms with Gasteiger partial charge in [-0.3, -0.25) is 5.43 Å². The lowest BCUT2D eigenvalue weighted by Gasteiger charge is -2.06. The van der Waals surface area contributed by atoms with Gasteiger partial charge in [-0.05, 0) is 45.8 Å². The summed E-state index contributed by atoms with van der Waals surface area (Å²) >= 11 is 8.92. The summed E-state index contributed by atoms with van der Waals surface area (Å²) in [6.45, 7) is 0. The number of nitrogens with one attached hydrogen (secondary N) is 1. The van der Waals surface area contributed by atoms with Crippen molar-refractivity contribution in [2.24, 2.45) is 5.10 Å². The summed E-state index contributed by atoms with van der Waals surface area (Å²) in [7, 11) is 0. The van der Waals surface area contributed by atoms with Crippen molar-refractivity contribution in [1.82, 2.24) is 4.98 Å². The van der Waals surface area contributed by atoms with E-state index in [0.717, 1.165) is 6.07 Å². The lowest BCUT2D eigenvalue weighted by Crippen LogP contribution is -2.05. The predicted octanol–water partition coefficient (Wildman–Crippen LogP) is 4.67. The Morgan fingerprint density at radius 3 is 2.59 bits per heavy atom. The van der Waals surface area contributed by atoms with Gasteiger partial charge in [0.05, 0.1) is 21.3 Å². The van der Waals surface area contributed by atoms with Gasteiger partial charge in [0.1, 0.15) is 11.6 Å². The van der Waals surface area contributed by atoms with Crippen molar-refractivity contribution in [2.75, 3.05) is 5.43 Å². The fraction of sp³-hybridized carbons (Fsp3) is 0.0769. The zero-order valence-electron chi connectivity index (χ0n) is 10.7. The van der Waals surface area contributed by atoms with E-state index in [4.69, 9.17) is 11.6 Å². The van der Waals surface area contributed by atoms with Gasteiger partial charge in [-0.2, -0.15) is 18.3 Å². The standard InChI is InChI=1S/C13H8BrClF3N3O/c14-9-3-7(4-10(15)12(9)22)5-20-21-11-2-1-8(6-19-11)13(16,17)18/h1-6,22H,(H,19,21)/b20-5-. The van der Waals surface area contributed by atoms with Crippen LogP contribution in [0.5, 0.6) is 5.75 Å². The van der Waals surface area contributed by atoms with Crippen LogP contribution in [0.25, 0.3) is 0 Å². The Balaban J connectivity index is 2.07. The molecule has 0 saturated carbocycles. The van der Waals surface area contributed by atoms with E-state index in [-0.39, 0.29) is 16.6 Å². The highest BCUT2D eigenvalue weighted by atomic mass is 79.9. The minimum atomic E-state index is -4.43. The first-order valence-corrected chi connectivity index (χ1v) is 6.95. The van der Waals surface area contributed by atoms with Crippen LogP contribution in [-0.4, -0.2) is 16.3 Å². The molecule has 0 aliphatic rings. The number of alkyl halides is 3. The van der Waals surface area contributed by atoms with Gasteiger partial charge in [0.15, 0.2) is 0 Å². The normalized spacial score (nSPS) is 11.9. The average Bonchev–Trinajstić information content (AvgIpc) is 2.44. The van der Waals surface area contributed by atoms with Crippen LogP contribution in [0.15, 0.2) is 40.0 Å². The zero-order valence-corrected chi connectivity index (χ0v) is 13.0. The molecule has 1 aromatic carbocycles. The van der Waals surface area contributed by atoms with Crippen LogP contribution in [0.3, 0.4) is 0 Å². The van der Waals surface area contributed by atoms with Gasteiger partial charge >= 0.3 is 6.18 Å². The number of hydrazone groups is 1. The van der Waals surface area contributed by atoms with E-state index in [1.807, 2.05) is 0 Å². The van der Waals surface area contributed by atoms with Crippen LogP contribution < -0.4 is 5.43 Å². The number of hydrogen-bond acceptors (Lipinski definition) is 4. The highest BCUT2D eigenvalue weighted by Crippen LogP contribution is 2.32. The predicted molar refractivity (Wildman–Crippen MR) is 81.3 cm³/mol. The fourth-order valence-electron chi connectivity index (χ4n) is 1.46. The van der Waals surface area contributed by atoms with E-state index in [0.29, 0.717) is 16.2 Å². The summed E-state index contributed by atoms with van der Waals surface area (Å²) in [4.78, 5) is 3.61. The van der Waals surface area contributed by atoms with Crippen molar-refractivity contribution in [3.05, 3.63) is 51.1 Å². The molecule has 0 amide bonds. The minimum Gasteiger partial charge on any atom is -0.505 e. The van der Waals surface area contributed by atoms with Crippen molar-refractivity contribution in [1.29, 1.82) is 0 Å². The molecule has 0 aliphatic carbocycles. The van der Waals surface area contributed by atoms with E-state index in [2.05, 4.69) is 31.4 Å². The quantitative estimate of drug-likeness (QED) is 0.588. The van der Waals surface area contributed by atoms with Crippen LogP contribution >= 0.6 is 27.5 Å². The Morgan fingerprint density at radius 2 is 2.05 bits per heavy atom. The van der Waals surface area contributed by atoms with E-state index >= 15 is 0 Å². The highest BCUT2D eigenvalue weighted by molar-refractivity contribution is 9.10. The van der Waals surface area contributed by atoms with Crippen LogP contribution in [0.2, 0.25) is 5.02 Å². The number of benzene rings is 1. The largest absolute Gasteiger partial charge is 0.505 e. The molecule has 2 aromatic rings. The molecule has 0 saturated heterocycles. The first-order valence-electron chi connectivity index (χ1n) is 5.77. The Hall–Kier alpha value is -1.80. The minimum absolute atomic E-state index is 0.0869. The molecule has 0 spiro atoms. The molecule has 22 heavy (non-hydrogen) atoms. The number of hydrogen-bond donors (Lipinski definition) is 2. The molecule has 9 heteroatoms. The van der Waals surface area contributed by atoms with Crippen molar-refractivity contribution in [3.8, 4) is 5.75 Å². The maximum Gasteiger partial charge on any atom is 0.417 e. The van der Waals surface area contributed by atoms with Gasteiger partial charge in [0.25, 0.3) is 0 Å². The summed E-state index contributed by atoms with van der Waals surface area (Å²) in [5, 5.41) is 13.5. The molecule has 0 fully saturated rings. The Bertz CT molecular complexity index is 682. The van der Waals surface area contributed by atoms with Crippen LogP contribution in [0.4, 0.5) is 19.0 Å². The molecule has 4 nitrogen and oxygen atoms in total. The van der Waals surface area contributed by atoms with Crippen molar-refractivity contribution >= 4 is 39.6 Å². The third kappa shape index (κ3) is 4.11. The molecule has 0 radical (unpaired) electrons. The number of phenolic OH excluding ortho intramolecular Hbond substituents is 1. The smallest absolute Gasteiger partial charge is 0.417 e. The maximum absolute atomic E-state index is 12.4. The number of rotatable bonds is 3. The molecule has 1 aromatic heterocycles. The van der Waals surface area contributed by atoms with Crippen molar-refractivity contribution in [3.63, 3.8) is 0 Å². The van der Waals surface area contributed by atoms with Crippen LogP contribution in [-0.2, 0) is 6.18 Å². The van der Waals surface area contributed by atoms with Crippen molar-refractivity contribution < 1.29 is 18.3 Å². The zero-order chi connectivity index (χ0) is 16.3. The molecular weight excluding hydrogens is 387 g/mol. The summed E-state index contributed by atoms with van der Waals surface area (Å²) in [6.07, 6.45) is -2.33. The number of pyridine rings is 1. The molecule has 0 atom stereocenters. The van der Waals surface area contributed by atoms with Gasteiger partial charge < -0.3 is 5.11 Å². The number of anilines is 1. The first-order chi connectivity index (χ1) is 10.3. The molecule has 0 unspecified atom stereocenters. The second-order valence-corrected chi connectivity index (χ2v) is 5.39. The van der Waals surface area contributed by atoms with E-state index in [9.17, 15) is 18.3 Å². The summed E-state index contributed by atoms with van der Waals surface area (Å²) < 4.78 is 37.5. The lowest BCUT2D eigenvalue weighted by molar-refractivity contribution is -0.137. The number of aromatic nitrogens is 1. The molecule has 2 rings (SSSR count). The topological polar surface area (TPSA) is 57.5 Å². The molecule has 2 N–H and O–H groups in total. The fourth-order valence-corrected chi connectivity index (χ4v) is 2.28. The number of phenols is 1. The number of nitrogens with zero attached hydrogens (tertiary/aromatic N) is 2. The van der Waals surface area contributed by atoms with E-state index < -0.39 is 11.7 Å². The van der Waals surface area contributed by atoms with Gasteiger partial charge in [0.2, 0.25) is 0 Å². The number of aromatic hydroxyl groups is 1. The summed E-state index contributed by atoms with van der Waals surface area (Å²) in [6, 6.07) is 5.12. The molecule has 116 valence electrons. The van der Waals surface area contributed by atoms with Gasteiger partial charge in [-0.15, -0.1) is 0 Å². The Kier molecular flexibility index (Phi) is 4.92. The molecule has 0 aliphatic heterocycles. The van der Waals surface area contributed by atoms with Crippen LogP contribution in [0.1, 0.15) is 11.1 Å². The summed E-state index contributed by atoms with van der Waals surface area (Å²) in [5.74, 6) is 0.0735. The van der Waals surface area contributed by atoms with Crippen LogP contribution in [0, 0.1) is 0 Å². The van der Waals surface area contributed by atoms with Gasteiger partial charge in [-0.1, -0.05) is 11.6 Å². The molecule has 0 bridgehead atoms. The molecular formula is C13H8BrClF3N3O. The Morgan fingerprint density at radius 1 is 1.32 bits per heavy atom. The monoisotopic (exact) mass is 393 g/mol.